The maximum atomic E-state index is 11.7. The van der Waals surface area contributed by atoms with Crippen LogP contribution in [0.1, 0.15) is 188 Å². The molecule has 4 rings (SSSR count). The normalized spacial score (nSPS) is 17.9. The molecule has 10 nitrogen and oxygen atoms in total. The number of hydrogen-bond donors (Lipinski definition) is 2. The Morgan fingerprint density at radius 3 is 1.32 bits per heavy atom. The van der Waals surface area contributed by atoms with Crippen molar-refractivity contribution in [2.24, 2.45) is 17.8 Å². The van der Waals surface area contributed by atoms with E-state index in [4.69, 9.17) is 9.47 Å². The summed E-state index contributed by atoms with van der Waals surface area (Å²) in [7, 11) is 0. The molecule has 0 aromatic heterocycles. The molecule has 1 aromatic carbocycles. The van der Waals surface area contributed by atoms with Crippen LogP contribution in [-0.2, 0) is 35.1 Å². The summed E-state index contributed by atoms with van der Waals surface area (Å²) in [6.07, 6.45) is 24.7. The van der Waals surface area contributed by atoms with Crippen molar-refractivity contribution < 1.29 is 50.3 Å². The summed E-state index contributed by atoms with van der Waals surface area (Å²) < 4.78 is 10.3. The Balaban J connectivity index is 0.000000416. The summed E-state index contributed by atoms with van der Waals surface area (Å²) in [4.78, 5) is 45.7. The van der Waals surface area contributed by atoms with E-state index in [1.54, 1.807) is 41.5 Å². The van der Waals surface area contributed by atoms with Gasteiger partial charge in [0.05, 0.1) is 24.9 Å². The van der Waals surface area contributed by atoms with E-state index in [1.807, 2.05) is 30.3 Å². The van der Waals surface area contributed by atoms with Crippen LogP contribution in [0.3, 0.4) is 0 Å². The fourth-order valence-electron chi connectivity index (χ4n) is 7.48. The van der Waals surface area contributed by atoms with Gasteiger partial charge < -0.3 is 40.7 Å². The van der Waals surface area contributed by atoms with Gasteiger partial charge in [-0.2, -0.15) is 0 Å². The average molecular weight is 789 g/mol. The molecule has 0 saturated heterocycles. The lowest BCUT2D eigenvalue weighted by atomic mass is 9.84. The Labute approximate surface area is 339 Å². The van der Waals surface area contributed by atoms with Crippen LogP contribution < -0.4 is 21.7 Å². The van der Waals surface area contributed by atoms with Crippen molar-refractivity contribution in [3.8, 4) is 0 Å². The highest BCUT2D eigenvalue weighted by Crippen LogP contribution is 2.29. The molecule has 3 saturated carbocycles. The van der Waals surface area contributed by atoms with E-state index in [1.165, 1.54) is 96.3 Å². The molecule has 0 heterocycles. The molecule has 2 atom stereocenters. The van der Waals surface area contributed by atoms with Crippen molar-refractivity contribution in [1.82, 2.24) is 0 Å². The highest BCUT2D eigenvalue weighted by atomic mass is 16.6. The van der Waals surface area contributed by atoms with Crippen molar-refractivity contribution in [3.63, 3.8) is 0 Å². The number of esters is 2. The van der Waals surface area contributed by atoms with E-state index < -0.39 is 46.9 Å². The third-order valence-corrected chi connectivity index (χ3v) is 10.5. The standard InChI is InChI=1S/C17H30O4.C17H24O4.2C6H13N/c2*1-17(2,3)21-15(18)12-14(16(19)20)11-7-10-13-8-5-4-6-9-13;2*7-6-4-2-1-3-5-6/h13-14H,4-12H2,1-3H3,(H,19,20);4-6,8-9,14H,7,10-12H2,1-3H3,(H,19,20);2*6H,1-5,7H2/t2*14-;;/m11../s1. The van der Waals surface area contributed by atoms with Crippen molar-refractivity contribution in [2.45, 2.75) is 213 Å². The summed E-state index contributed by atoms with van der Waals surface area (Å²) in [5.74, 6) is -4.03. The molecule has 1 aromatic rings. The molecule has 10 heteroatoms. The number of quaternary nitrogens is 2. The van der Waals surface area contributed by atoms with Crippen LogP contribution in [0.4, 0.5) is 0 Å². The number of rotatable bonds is 14. The van der Waals surface area contributed by atoms with Crippen LogP contribution in [0.25, 0.3) is 0 Å². The summed E-state index contributed by atoms with van der Waals surface area (Å²) in [5.41, 5.74) is 7.98. The van der Waals surface area contributed by atoms with Gasteiger partial charge in [0.1, 0.15) is 11.2 Å². The predicted octanol–water partition coefficient (Wildman–Crippen LogP) is 6.06. The van der Waals surface area contributed by atoms with E-state index >= 15 is 0 Å². The number of ether oxygens (including phenoxy) is 2. The maximum absolute atomic E-state index is 11.7. The summed E-state index contributed by atoms with van der Waals surface area (Å²) in [6.45, 7) is 10.6. The number of carbonyl (C=O) groups is 4. The second kappa shape index (κ2) is 28.4. The SMILES string of the molecule is CC(C)(C)OC(=O)C[C@@H](CCCC1CCCCC1)C(=O)[O-].CC(C)(C)OC(=O)C[C@@H](CCCc1ccccc1)C(=O)[O-].[NH3+]C1CCCCC1.[NH3+]C1CCCCC1. The van der Waals surface area contributed by atoms with Crippen molar-refractivity contribution in [2.75, 3.05) is 0 Å². The van der Waals surface area contributed by atoms with Gasteiger partial charge in [0.2, 0.25) is 0 Å². The molecule has 0 amide bonds. The quantitative estimate of drug-likeness (QED) is 0.213. The molecule has 0 spiro atoms. The molecular weight excluding hydrogens is 709 g/mol. The Hall–Kier alpha value is -2.98. The van der Waals surface area contributed by atoms with Crippen LogP contribution in [0.15, 0.2) is 30.3 Å². The minimum absolute atomic E-state index is 0.0791. The van der Waals surface area contributed by atoms with E-state index in [0.29, 0.717) is 19.3 Å². The fraction of sp³-hybridized carbons (Fsp3) is 0.783. The number of benzene rings is 1. The van der Waals surface area contributed by atoms with Gasteiger partial charge in [-0.15, -0.1) is 0 Å². The highest BCUT2D eigenvalue weighted by Gasteiger charge is 2.23. The lowest BCUT2D eigenvalue weighted by molar-refractivity contribution is -0.425. The van der Waals surface area contributed by atoms with Gasteiger partial charge in [0.25, 0.3) is 0 Å². The van der Waals surface area contributed by atoms with Gasteiger partial charge in [-0.3, -0.25) is 9.59 Å². The van der Waals surface area contributed by atoms with Gasteiger partial charge in [-0.1, -0.05) is 88.1 Å². The monoisotopic (exact) mass is 789 g/mol. The first-order valence-corrected chi connectivity index (χ1v) is 21.9. The summed E-state index contributed by atoms with van der Waals surface area (Å²) in [5, 5.41) is 22.3. The summed E-state index contributed by atoms with van der Waals surface area (Å²) >= 11 is 0. The van der Waals surface area contributed by atoms with Crippen molar-refractivity contribution in [1.29, 1.82) is 0 Å². The number of carboxylic acids is 2. The molecule has 0 aliphatic heterocycles. The Morgan fingerprint density at radius 1 is 0.607 bits per heavy atom. The molecule has 0 unspecified atom stereocenters. The second-order valence-electron chi connectivity index (χ2n) is 18.4. The highest BCUT2D eigenvalue weighted by molar-refractivity contribution is 5.78. The summed E-state index contributed by atoms with van der Waals surface area (Å²) in [6, 6.07) is 11.4. The topological polar surface area (TPSA) is 188 Å². The average Bonchev–Trinajstić information content (AvgIpc) is 3.11. The second-order valence-corrected chi connectivity index (χ2v) is 18.4. The zero-order valence-corrected chi connectivity index (χ0v) is 36.2. The van der Waals surface area contributed by atoms with Crippen LogP contribution >= 0.6 is 0 Å². The van der Waals surface area contributed by atoms with Crippen LogP contribution in [0.2, 0.25) is 0 Å². The number of hydrogen-bond acceptors (Lipinski definition) is 8. The van der Waals surface area contributed by atoms with E-state index in [2.05, 4.69) is 11.5 Å². The minimum atomic E-state index is -1.19. The van der Waals surface area contributed by atoms with Gasteiger partial charge in [0, 0.05) is 23.8 Å². The smallest absolute Gasteiger partial charge is 0.306 e. The predicted molar refractivity (Wildman–Crippen MR) is 217 cm³/mol. The molecule has 322 valence electrons. The van der Waals surface area contributed by atoms with Gasteiger partial charge in [0.15, 0.2) is 0 Å². The van der Waals surface area contributed by atoms with Gasteiger partial charge in [-0.25, -0.2) is 0 Å². The van der Waals surface area contributed by atoms with E-state index in [-0.39, 0.29) is 12.8 Å². The zero-order valence-electron chi connectivity index (χ0n) is 36.2. The van der Waals surface area contributed by atoms with Crippen molar-refractivity contribution in [3.05, 3.63) is 35.9 Å². The number of carbonyl (C=O) groups excluding carboxylic acids is 4. The molecule has 3 fully saturated rings. The fourth-order valence-corrected chi connectivity index (χ4v) is 7.48. The minimum Gasteiger partial charge on any atom is -0.550 e. The lowest BCUT2D eigenvalue weighted by Crippen LogP contribution is -2.61. The molecule has 3 aliphatic rings. The first-order valence-electron chi connectivity index (χ1n) is 21.9. The van der Waals surface area contributed by atoms with Crippen LogP contribution in [0, 0.1) is 17.8 Å². The first kappa shape index (κ1) is 51.0. The van der Waals surface area contributed by atoms with E-state index in [9.17, 15) is 29.4 Å². The Morgan fingerprint density at radius 2 is 0.982 bits per heavy atom. The Kier molecular flexibility index (Phi) is 25.9. The third kappa shape index (κ3) is 28.4. The zero-order chi connectivity index (χ0) is 42.0. The maximum Gasteiger partial charge on any atom is 0.306 e. The molecular formula is C46H80N2O8. The molecule has 0 bridgehead atoms. The number of carboxylic acid groups (broad SMARTS) is 2. The van der Waals surface area contributed by atoms with Gasteiger partial charge in [-0.05, 0) is 130 Å². The first-order chi connectivity index (χ1) is 26.3. The van der Waals surface area contributed by atoms with Crippen LogP contribution in [0.5, 0.6) is 0 Å². The van der Waals surface area contributed by atoms with Gasteiger partial charge >= 0.3 is 11.9 Å². The number of aryl methyl sites for hydroxylation is 1. The number of aliphatic carboxylic acids is 2. The third-order valence-electron chi connectivity index (χ3n) is 10.5. The molecule has 0 radical (unpaired) electrons. The molecule has 56 heavy (non-hydrogen) atoms. The van der Waals surface area contributed by atoms with Crippen molar-refractivity contribution >= 4 is 23.9 Å². The Bertz CT molecular complexity index is 1190. The molecule has 6 N–H and O–H groups in total. The molecule has 3 aliphatic carbocycles. The van der Waals surface area contributed by atoms with E-state index in [0.717, 1.165) is 42.8 Å². The largest absolute Gasteiger partial charge is 0.550 e. The lowest BCUT2D eigenvalue weighted by Gasteiger charge is -2.24. The van der Waals surface area contributed by atoms with Crippen LogP contribution in [-0.4, -0.2) is 47.2 Å².